The zero-order chi connectivity index (χ0) is 19.3. The van der Waals surface area contributed by atoms with Gasteiger partial charge in [-0.15, -0.1) is 22.0 Å². The number of thioether (sulfide) groups is 1. The summed E-state index contributed by atoms with van der Waals surface area (Å²) < 4.78 is 7.00. The van der Waals surface area contributed by atoms with E-state index in [9.17, 15) is 4.79 Å². The SMILES string of the molecule is Cc1noc(-c2ccn3c(CNC(=O)CSCc4ccccc4)nnc3c2)n1. The number of aromatic nitrogens is 5. The van der Waals surface area contributed by atoms with E-state index in [1.165, 1.54) is 5.56 Å². The van der Waals surface area contributed by atoms with Crippen molar-refractivity contribution < 1.29 is 9.32 Å². The minimum Gasteiger partial charge on any atom is -0.348 e. The van der Waals surface area contributed by atoms with Crippen molar-refractivity contribution in [3.63, 3.8) is 0 Å². The normalized spacial score (nSPS) is 11.0. The number of carbonyl (C=O) groups is 1. The molecule has 4 rings (SSSR count). The van der Waals surface area contributed by atoms with E-state index in [0.29, 0.717) is 35.5 Å². The first-order valence-electron chi connectivity index (χ1n) is 8.72. The lowest BCUT2D eigenvalue weighted by atomic mass is 10.2. The fraction of sp³-hybridized carbons (Fsp3) is 0.211. The molecule has 142 valence electrons. The first-order valence-corrected chi connectivity index (χ1v) is 9.87. The molecule has 0 radical (unpaired) electrons. The van der Waals surface area contributed by atoms with Gasteiger partial charge in [0.25, 0.3) is 5.89 Å². The van der Waals surface area contributed by atoms with Crippen LogP contribution in [0.4, 0.5) is 0 Å². The topological polar surface area (TPSA) is 98.2 Å². The molecule has 0 aliphatic heterocycles. The molecule has 0 saturated carbocycles. The number of fused-ring (bicyclic) bond motifs is 1. The quantitative estimate of drug-likeness (QED) is 0.514. The first-order chi connectivity index (χ1) is 13.7. The number of amides is 1. The van der Waals surface area contributed by atoms with Gasteiger partial charge in [0.05, 0.1) is 12.3 Å². The Morgan fingerprint density at radius 3 is 2.86 bits per heavy atom. The van der Waals surface area contributed by atoms with Crippen molar-refractivity contribution in [3.05, 3.63) is 65.9 Å². The highest BCUT2D eigenvalue weighted by Crippen LogP contribution is 2.19. The van der Waals surface area contributed by atoms with Crippen molar-refractivity contribution >= 4 is 23.3 Å². The minimum absolute atomic E-state index is 0.0318. The molecular formula is C19H18N6O2S. The summed E-state index contributed by atoms with van der Waals surface area (Å²) in [5, 5.41) is 15.0. The van der Waals surface area contributed by atoms with Gasteiger partial charge in [0.1, 0.15) is 0 Å². The molecular weight excluding hydrogens is 376 g/mol. The standard InChI is InChI=1S/C19H18N6O2S/c1-13-21-19(27-24-13)15-7-8-25-16(9-15)22-23-17(25)10-20-18(26)12-28-11-14-5-3-2-4-6-14/h2-9H,10-12H2,1H3,(H,20,26). The molecule has 28 heavy (non-hydrogen) atoms. The third kappa shape index (κ3) is 4.20. The number of hydrogen-bond donors (Lipinski definition) is 1. The van der Waals surface area contributed by atoms with Gasteiger partial charge in [-0.1, -0.05) is 35.5 Å². The highest BCUT2D eigenvalue weighted by Gasteiger charge is 2.11. The zero-order valence-corrected chi connectivity index (χ0v) is 16.0. The van der Waals surface area contributed by atoms with E-state index in [0.717, 1.165) is 11.3 Å². The maximum Gasteiger partial charge on any atom is 0.258 e. The molecule has 9 heteroatoms. The minimum atomic E-state index is -0.0318. The number of benzene rings is 1. The van der Waals surface area contributed by atoms with Crippen LogP contribution in [0.1, 0.15) is 17.2 Å². The summed E-state index contributed by atoms with van der Waals surface area (Å²) in [5.41, 5.74) is 2.63. The van der Waals surface area contributed by atoms with E-state index in [2.05, 4.69) is 37.8 Å². The van der Waals surface area contributed by atoms with Crippen molar-refractivity contribution in [3.8, 4) is 11.5 Å². The van der Waals surface area contributed by atoms with Gasteiger partial charge in [0.15, 0.2) is 17.3 Å². The molecule has 0 fully saturated rings. The van der Waals surface area contributed by atoms with E-state index >= 15 is 0 Å². The van der Waals surface area contributed by atoms with Crippen LogP contribution in [0.3, 0.4) is 0 Å². The molecule has 0 spiro atoms. The van der Waals surface area contributed by atoms with Crippen molar-refractivity contribution in [1.82, 2.24) is 30.1 Å². The Morgan fingerprint density at radius 2 is 2.07 bits per heavy atom. The Morgan fingerprint density at radius 1 is 1.21 bits per heavy atom. The first kappa shape index (κ1) is 18.2. The van der Waals surface area contributed by atoms with Crippen molar-refractivity contribution in [2.75, 3.05) is 5.75 Å². The number of hydrogen-bond acceptors (Lipinski definition) is 7. The Bertz CT molecular complexity index is 1090. The molecule has 8 nitrogen and oxygen atoms in total. The summed E-state index contributed by atoms with van der Waals surface area (Å²) in [4.78, 5) is 16.3. The van der Waals surface area contributed by atoms with E-state index in [1.807, 2.05) is 40.9 Å². The maximum absolute atomic E-state index is 12.1. The smallest absolute Gasteiger partial charge is 0.258 e. The second-order valence-electron chi connectivity index (χ2n) is 6.16. The summed E-state index contributed by atoms with van der Waals surface area (Å²) in [5.74, 6) is 2.84. The Balaban J connectivity index is 1.34. The lowest BCUT2D eigenvalue weighted by molar-refractivity contribution is -0.118. The highest BCUT2D eigenvalue weighted by molar-refractivity contribution is 7.99. The number of rotatable bonds is 7. The van der Waals surface area contributed by atoms with Gasteiger partial charge < -0.3 is 9.84 Å². The van der Waals surface area contributed by atoms with Crippen molar-refractivity contribution in [1.29, 1.82) is 0 Å². The second-order valence-corrected chi connectivity index (χ2v) is 7.15. The molecule has 0 bridgehead atoms. The van der Waals surface area contributed by atoms with Crippen LogP contribution in [0, 0.1) is 6.92 Å². The third-order valence-electron chi connectivity index (χ3n) is 4.04. The molecule has 0 aliphatic rings. The van der Waals surface area contributed by atoms with Crippen LogP contribution in [-0.4, -0.2) is 36.4 Å². The molecule has 1 amide bonds. The maximum atomic E-state index is 12.1. The van der Waals surface area contributed by atoms with Gasteiger partial charge in [0, 0.05) is 17.5 Å². The van der Waals surface area contributed by atoms with Gasteiger partial charge in [-0.2, -0.15) is 4.98 Å². The molecule has 1 aromatic carbocycles. The van der Waals surface area contributed by atoms with Gasteiger partial charge >= 0.3 is 0 Å². The van der Waals surface area contributed by atoms with Crippen LogP contribution in [0.2, 0.25) is 0 Å². The summed E-state index contributed by atoms with van der Waals surface area (Å²) in [6.07, 6.45) is 1.83. The summed E-state index contributed by atoms with van der Waals surface area (Å²) in [6.45, 7) is 2.08. The second kappa shape index (κ2) is 8.22. The van der Waals surface area contributed by atoms with Gasteiger partial charge in [-0.3, -0.25) is 9.20 Å². The molecule has 1 N–H and O–H groups in total. The molecule has 3 aromatic heterocycles. The lowest BCUT2D eigenvalue weighted by Crippen LogP contribution is -2.25. The number of aryl methyl sites for hydroxylation is 1. The van der Waals surface area contributed by atoms with E-state index in [1.54, 1.807) is 18.7 Å². The van der Waals surface area contributed by atoms with Crippen molar-refractivity contribution in [2.24, 2.45) is 0 Å². The van der Waals surface area contributed by atoms with E-state index < -0.39 is 0 Å². The fourth-order valence-electron chi connectivity index (χ4n) is 2.67. The van der Waals surface area contributed by atoms with Crippen LogP contribution in [0.25, 0.3) is 17.1 Å². The van der Waals surface area contributed by atoms with E-state index in [4.69, 9.17) is 4.52 Å². The molecule has 0 aliphatic carbocycles. The number of carbonyl (C=O) groups excluding carboxylic acids is 1. The molecule has 0 saturated heterocycles. The van der Waals surface area contributed by atoms with Crippen molar-refractivity contribution in [2.45, 2.75) is 19.2 Å². The van der Waals surface area contributed by atoms with E-state index in [-0.39, 0.29) is 5.91 Å². The Kier molecular flexibility index (Phi) is 5.34. The fourth-order valence-corrected chi connectivity index (χ4v) is 3.49. The van der Waals surface area contributed by atoms with Crippen LogP contribution in [-0.2, 0) is 17.1 Å². The molecule has 0 atom stereocenters. The predicted molar refractivity (Wildman–Crippen MR) is 105 cm³/mol. The Hall–Kier alpha value is -3.20. The van der Waals surface area contributed by atoms with Gasteiger partial charge in [0.2, 0.25) is 5.91 Å². The van der Waals surface area contributed by atoms with Crippen LogP contribution in [0.5, 0.6) is 0 Å². The zero-order valence-electron chi connectivity index (χ0n) is 15.2. The highest BCUT2D eigenvalue weighted by atomic mass is 32.2. The van der Waals surface area contributed by atoms with Gasteiger partial charge in [-0.25, -0.2) is 0 Å². The van der Waals surface area contributed by atoms with Gasteiger partial charge in [-0.05, 0) is 24.6 Å². The lowest BCUT2D eigenvalue weighted by Gasteiger charge is -2.05. The Labute approximate surface area is 165 Å². The molecule has 3 heterocycles. The third-order valence-corrected chi connectivity index (χ3v) is 5.05. The van der Waals surface area contributed by atoms with Crippen LogP contribution in [0.15, 0.2) is 53.2 Å². The van der Waals surface area contributed by atoms with Crippen LogP contribution >= 0.6 is 11.8 Å². The number of nitrogens with zero attached hydrogens (tertiary/aromatic N) is 5. The van der Waals surface area contributed by atoms with Crippen LogP contribution < -0.4 is 5.32 Å². The summed E-state index contributed by atoms with van der Waals surface area (Å²) in [6, 6.07) is 13.8. The number of pyridine rings is 1. The average molecular weight is 394 g/mol. The number of nitrogens with one attached hydrogen (secondary N) is 1. The molecule has 0 unspecified atom stereocenters. The summed E-state index contributed by atoms with van der Waals surface area (Å²) >= 11 is 1.58. The molecule has 4 aromatic rings. The predicted octanol–water partition coefficient (Wildman–Crippen LogP) is 2.64. The average Bonchev–Trinajstić information content (AvgIpc) is 3.33. The largest absolute Gasteiger partial charge is 0.348 e. The summed E-state index contributed by atoms with van der Waals surface area (Å²) in [7, 11) is 0. The monoisotopic (exact) mass is 394 g/mol.